The van der Waals surface area contributed by atoms with Crippen LogP contribution in [0.15, 0.2) is 46.0 Å². The van der Waals surface area contributed by atoms with Gasteiger partial charge in [-0.1, -0.05) is 0 Å². The molecule has 7 heteroatoms. The summed E-state index contributed by atoms with van der Waals surface area (Å²) >= 11 is 1.59. The normalized spacial score (nSPS) is 12.8. The second-order valence-corrected chi connectivity index (χ2v) is 7.46. The number of amides is 1. The lowest BCUT2D eigenvalue weighted by Gasteiger charge is -2.14. The summed E-state index contributed by atoms with van der Waals surface area (Å²) in [6, 6.07) is 7.63. The van der Waals surface area contributed by atoms with Crippen molar-refractivity contribution in [1.82, 2.24) is 10.0 Å². The molecule has 2 aromatic rings. The fraction of sp³-hybridized carbons (Fsp3) is 0.267. The summed E-state index contributed by atoms with van der Waals surface area (Å²) in [5.74, 6) is -0.247. The third-order valence-electron chi connectivity index (χ3n) is 3.13. The quantitative estimate of drug-likeness (QED) is 0.846. The van der Waals surface area contributed by atoms with E-state index in [4.69, 9.17) is 0 Å². The number of hydrogen-bond donors (Lipinski definition) is 2. The molecule has 0 saturated heterocycles. The van der Waals surface area contributed by atoms with Crippen LogP contribution >= 0.6 is 11.3 Å². The molecular formula is C15H18N2O3S2. The number of sulfonamides is 1. The number of carbonyl (C=O) groups is 1. The third kappa shape index (κ3) is 4.16. The van der Waals surface area contributed by atoms with Gasteiger partial charge >= 0.3 is 0 Å². The second kappa shape index (κ2) is 7.04. The number of thiophene rings is 1. The van der Waals surface area contributed by atoms with Crippen LogP contribution in [0.5, 0.6) is 0 Å². The highest BCUT2D eigenvalue weighted by Crippen LogP contribution is 2.13. The smallest absolute Gasteiger partial charge is 0.251 e. The molecular weight excluding hydrogens is 320 g/mol. The summed E-state index contributed by atoms with van der Waals surface area (Å²) in [4.78, 5) is 11.6. The van der Waals surface area contributed by atoms with Gasteiger partial charge in [0, 0.05) is 18.7 Å². The fourth-order valence-electron chi connectivity index (χ4n) is 2.07. The van der Waals surface area contributed by atoms with Gasteiger partial charge in [0.1, 0.15) is 0 Å². The molecule has 1 unspecified atom stereocenters. The number of hydrogen-bond acceptors (Lipinski definition) is 4. The summed E-state index contributed by atoms with van der Waals surface area (Å²) in [5, 5.41) is 6.46. The van der Waals surface area contributed by atoms with E-state index in [1.165, 1.54) is 31.3 Å². The Morgan fingerprint density at radius 3 is 2.45 bits per heavy atom. The van der Waals surface area contributed by atoms with Gasteiger partial charge in [-0.2, -0.15) is 11.3 Å². The van der Waals surface area contributed by atoms with Crippen LogP contribution < -0.4 is 10.0 Å². The van der Waals surface area contributed by atoms with Crippen molar-refractivity contribution in [3.05, 3.63) is 52.2 Å². The number of carbonyl (C=O) groups excluding carboxylic acids is 1. The molecule has 2 rings (SSSR count). The van der Waals surface area contributed by atoms with Crippen LogP contribution in [0.2, 0.25) is 0 Å². The van der Waals surface area contributed by atoms with Gasteiger partial charge in [0.05, 0.1) is 4.90 Å². The van der Waals surface area contributed by atoms with Gasteiger partial charge in [-0.05, 0) is 60.0 Å². The summed E-state index contributed by atoms with van der Waals surface area (Å²) in [5.41, 5.74) is 1.53. The van der Waals surface area contributed by atoms with Crippen molar-refractivity contribution in [1.29, 1.82) is 0 Å². The molecule has 0 aliphatic rings. The number of benzene rings is 1. The van der Waals surface area contributed by atoms with E-state index < -0.39 is 10.0 Å². The predicted octanol–water partition coefficient (Wildman–Crippen LogP) is 2.02. The fourth-order valence-corrected chi connectivity index (χ4v) is 3.99. The van der Waals surface area contributed by atoms with Crippen LogP contribution in [-0.2, 0) is 16.4 Å². The van der Waals surface area contributed by atoms with Crippen molar-refractivity contribution in [2.75, 3.05) is 7.05 Å². The molecule has 0 saturated carbocycles. The highest BCUT2D eigenvalue weighted by atomic mass is 32.2. The minimum absolute atomic E-state index is 0.150. The highest BCUT2D eigenvalue weighted by Gasteiger charge is 2.18. The zero-order chi connectivity index (χ0) is 16.2. The average Bonchev–Trinajstić information content (AvgIpc) is 2.98. The Labute approximate surface area is 134 Å². The van der Waals surface area contributed by atoms with Gasteiger partial charge in [-0.3, -0.25) is 4.79 Å². The first-order chi connectivity index (χ1) is 10.4. The van der Waals surface area contributed by atoms with Crippen molar-refractivity contribution < 1.29 is 13.2 Å². The van der Waals surface area contributed by atoms with E-state index in [0.717, 1.165) is 5.56 Å². The van der Waals surface area contributed by atoms with Crippen LogP contribution in [-0.4, -0.2) is 27.4 Å². The maximum Gasteiger partial charge on any atom is 0.251 e. The number of nitrogens with one attached hydrogen (secondary N) is 2. The molecule has 0 aliphatic heterocycles. The average molecular weight is 338 g/mol. The number of rotatable bonds is 6. The third-order valence-corrected chi connectivity index (χ3v) is 5.47. The lowest BCUT2D eigenvalue weighted by atomic mass is 10.1. The lowest BCUT2D eigenvalue weighted by molar-refractivity contribution is 0.0963. The van der Waals surface area contributed by atoms with E-state index in [9.17, 15) is 13.2 Å². The first kappa shape index (κ1) is 16.7. The molecule has 1 heterocycles. The first-order valence-electron chi connectivity index (χ1n) is 6.78. The van der Waals surface area contributed by atoms with E-state index in [0.29, 0.717) is 12.0 Å². The van der Waals surface area contributed by atoms with E-state index in [1.807, 2.05) is 23.8 Å². The van der Waals surface area contributed by atoms with Crippen molar-refractivity contribution >= 4 is 27.3 Å². The maximum absolute atomic E-state index is 12.3. The molecule has 1 aromatic carbocycles. The molecule has 5 nitrogen and oxygen atoms in total. The molecule has 0 bridgehead atoms. The molecule has 1 amide bonds. The largest absolute Gasteiger partial charge is 0.355 e. The molecule has 1 atom stereocenters. The zero-order valence-corrected chi connectivity index (χ0v) is 14.0. The Bertz CT molecular complexity index is 723. The van der Waals surface area contributed by atoms with Crippen LogP contribution in [0, 0.1) is 0 Å². The molecule has 0 spiro atoms. The molecule has 0 fully saturated rings. The Hall–Kier alpha value is -1.70. The SMILES string of the molecule is CNC(=O)c1ccc(S(=O)(=O)NC(C)Cc2ccsc2)cc1. The van der Waals surface area contributed by atoms with Crippen LogP contribution in [0.25, 0.3) is 0 Å². The van der Waals surface area contributed by atoms with Gasteiger partial charge in [-0.25, -0.2) is 13.1 Å². The van der Waals surface area contributed by atoms with Crippen molar-refractivity contribution in [2.45, 2.75) is 24.3 Å². The monoisotopic (exact) mass is 338 g/mol. The van der Waals surface area contributed by atoms with Crippen LogP contribution in [0.3, 0.4) is 0 Å². The summed E-state index contributed by atoms with van der Waals surface area (Å²) < 4.78 is 27.3. The van der Waals surface area contributed by atoms with E-state index in [-0.39, 0.29) is 16.8 Å². The van der Waals surface area contributed by atoms with Gasteiger partial charge in [-0.15, -0.1) is 0 Å². The minimum atomic E-state index is -3.59. The maximum atomic E-state index is 12.3. The topological polar surface area (TPSA) is 75.3 Å². The standard InChI is InChI=1S/C15H18N2O3S2/c1-11(9-12-7-8-21-10-12)17-22(19,20)14-5-3-13(4-6-14)15(18)16-2/h3-8,10-11,17H,9H2,1-2H3,(H,16,18). The molecule has 22 heavy (non-hydrogen) atoms. The summed E-state index contributed by atoms with van der Waals surface area (Å²) in [6.45, 7) is 1.83. The Morgan fingerprint density at radius 2 is 1.91 bits per heavy atom. The zero-order valence-electron chi connectivity index (χ0n) is 12.4. The predicted molar refractivity (Wildman–Crippen MR) is 87.6 cm³/mol. The first-order valence-corrected chi connectivity index (χ1v) is 9.20. The molecule has 0 aliphatic carbocycles. The highest BCUT2D eigenvalue weighted by molar-refractivity contribution is 7.89. The van der Waals surface area contributed by atoms with E-state index in [2.05, 4.69) is 10.0 Å². The van der Waals surface area contributed by atoms with Crippen molar-refractivity contribution in [3.8, 4) is 0 Å². The molecule has 2 N–H and O–H groups in total. The van der Waals surface area contributed by atoms with Crippen molar-refractivity contribution in [2.24, 2.45) is 0 Å². The Balaban J connectivity index is 2.07. The van der Waals surface area contributed by atoms with Crippen molar-refractivity contribution in [3.63, 3.8) is 0 Å². The summed E-state index contributed by atoms with van der Waals surface area (Å²) in [7, 11) is -2.06. The molecule has 1 aromatic heterocycles. The van der Waals surface area contributed by atoms with Gasteiger partial charge in [0.2, 0.25) is 10.0 Å². The van der Waals surface area contributed by atoms with Gasteiger partial charge in [0.25, 0.3) is 5.91 Å². The summed E-state index contributed by atoms with van der Waals surface area (Å²) in [6.07, 6.45) is 0.638. The minimum Gasteiger partial charge on any atom is -0.355 e. The van der Waals surface area contributed by atoms with Crippen LogP contribution in [0.1, 0.15) is 22.8 Å². The molecule has 0 radical (unpaired) electrons. The van der Waals surface area contributed by atoms with E-state index in [1.54, 1.807) is 11.3 Å². The van der Waals surface area contributed by atoms with Gasteiger partial charge < -0.3 is 5.32 Å². The molecule has 118 valence electrons. The lowest BCUT2D eigenvalue weighted by Crippen LogP contribution is -2.34. The Kier molecular flexibility index (Phi) is 5.33. The van der Waals surface area contributed by atoms with Gasteiger partial charge in [0.15, 0.2) is 0 Å². The Morgan fingerprint density at radius 1 is 1.23 bits per heavy atom. The second-order valence-electron chi connectivity index (χ2n) is 4.96. The van der Waals surface area contributed by atoms with E-state index >= 15 is 0 Å². The van der Waals surface area contributed by atoms with Crippen LogP contribution in [0.4, 0.5) is 0 Å².